The molecule has 2 N–H and O–H groups in total. The second kappa shape index (κ2) is 9.71. The van der Waals surface area contributed by atoms with E-state index in [2.05, 4.69) is 29.4 Å². The molecule has 0 radical (unpaired) electrons. The summed E-state index contributed by atoms with van der Waals surface area (Å²) in [7, 11) is 0. The highest BCUT2D eigenvalue weighted by molar-refractivity contribution is 6.05. The lowest BCUT2D eigenvalue weighted by Gasteiger charge is -2.18. The van der Waals surface area contributed by atoms with Crippen LogP contribution >= 0.6 is 0 Å². The third-order valence-electron chi connectivity index (χ3n) is 4.64. The van der Waals surface area contributed by atoms with Crippen LogP contribution in [0.3, 0.4) is 0 Å². The molecule has 0 spiro atoms. The van der Waals surface area contributed by atoms with Gasteiger partial charge in [0.15, 0.2) is 5.76 Å². The predicted octanol–water partition coefficient (Wildman–Crippen LogP) is 4.63. The summed E-state index contributed by atoms with van der Waals surface area (Å²) in [5.74, 6) is -0.319. The van der Waals surface area contributed by atoms with Crippen molar-refractivity contribution in [3.05, 3.63) is 83.8 Å². The molecule has 0 saturated heterocycles. The fraction of sp³-hybridized carbons (Fsp3) is 0.217. The third kappa shape index (κ3) is 5.56. The number of amides is 2. The number of nitrogens with zero attached hydrogens (tertiary/aromatic N) is 1. The number of hydrogen-bond acceptors (Lipinski definition) is 4. The lowest BCUT2D eigenvalue weighted by molar-refractivity contribution is 0.0995. The number of benzene rings is 2. The molecule has 0 aliphatic rings. The number of anilines is 2. The molecule has 0 aliphatic carbocycles. The highest BCUT2D eigenvalue weighted by Gasteiger charge is 2.11. The lowest BCUT2D eigenvalue weighted by atomic mass is 10.1. The van der Waals surface area contributed by atoms with Crippen LogP contribution in [0.4, 0.5) is 11.4 Å². The Balaban J connectivity index is 1.62. The summed E-state index contributed by atoms with van der Waals surface area (Å²) in [6.45, 7) is 7.12. The van der Waals surface area contributed by atoms with Gasteiger partial charge in [-0.25, -0.2) is 0 Å². The first-order valence-electron chi connectivity index (χ1n) is 9.66. The molecule has 29 heavy (non-hydrogen) atoms. The maximum atomic E-state index is 12.6. The average molecular weight is 391 g/mol. The van der Waals surface area contributed by atoms with Crippen molar-refractivity contribution in [2.75, 3.05) is 23.7 Å². The van der Waals surface area contributed by atoms with Crippen molar-refractivity contribution in [2.24, 2.45) is 0 Å². The minimum Gasteiger partial charge on any atom is -0.459 e. The van der Waals surface area contributed by atoms with Gasteiger partial charge in [0, 0.05) is 23.5 Å². The number of furan rings is 1. The fourth-order valence-electron chi connectivity index (χ4n) is 2.95. The van der Waals surface area contributed by atoms with E-state index in [1.165, 1.54) is 11.8 Å². The molecular weight excluding hydrogens is 366 g/mol. The first kappa shape index (κ1) is 20.4. The molecule has 0 saturated carbocycles. The zero-order valence-corrected chi connectivity index (χ0v) is 16.6. The SMILES string of the molecule is CCN(CC)Cc1ccc(C(=O)Nc2cccc(NC(=O)c3ccco3)c2)cc1. The monoisotopic (exact) mass is 391 g/mol. The van der Waals surface area contributed by atoms with Gasteiger partial charge in [-0.2, -0.15) is 0 Å². The standard InChI is InChI=1S/C23H25N3O3/c1-3-26(4-2)16-17-10-12-18(13-11-17)22(27)24-19-7-5-8-20(15-19)25-23(28)21-9-6-14-29-21/h5-15H,3-4,16H2,1-2H3,(H,24,27)(H,25,28). The van der Waals surface area contributed by atoms with Crippen molar-refractivity contribution in [3.63, 3.8) is 0 Å². The normalized spacial score (nSPS) is 10.7. The zero-order valence-electron chi connectivity index (χ0n) is 16.6. The molecule has 0 unspecified atom stereocenters. The molecule has 3 rings (SSSR count). The van der Waals surface area contributed by atoms with Gasteiger partial charge in [-0.3, -0.25) is 14.5 Å². The molecule has 3 aromatic rings. The number of carbonyl (C=O) groups excluding carboxylic acids is 2. The van der Waals surface area contributed by atoms with E-state index >= 15 is 0 Å². The van der Waals surface area contributed by atoms with E-state index in [9.17, 15) is 9.59 Å². The Labute approximate surface area is 170 Å². The topological polar surface area (TPSA) is 74.6 Å². The highest BCUT2D eigenvalue weighted by atomic mass is 16.3. The number of nitrogens with one attached hydrogen (secondary N) is 2. The Hall–Kier alpha value is -3.38. The van der Waals surface area contributed by atoms with Gasteiger partial charge in [-0.1, -0.05) is 32.0 Å². The smallest absolute Gasteiger partial charge is 0.291 e. The maximum absolute atomic E-state index is 12.6. The van der Waals surface area contributed by atoms with Crippen molar-refractivity contribution in [1.29, 1.82) is 0 Å². The van der Waals surface area contributed by atoms with Gasteiger partial charge in [0.25, 0.3) is 11.8 Å². The van der Waals surface area contributed by atoms with Gasteiger partial charge >= 0.3 is 0 Å². The van der Waals surface area contributed by atoms with E-state index in [0.29, 0.717) is 16.9 Å². The Kier molecular flexibility index (Phi) is 6.81. The Morgan fingerprint density at radius 1 is 0.862 bits per heavy atom. The van der Waals surface area contributed by atoms with E-state index in [1.807, 2.05) is 24.3 Å². The maximum Gasteiger partial charge on any atom is 0.291 e. The van der Waals surface area contributed by atoms with Gasteiger partial charge in [0.05, 0.1) is 6.26 Å². The third-order valence-corrected chi connectivity index (χ3v) is 4.64. The Bertz CT molecular complexity index is 946. The van der Waals surface area contributed by atoms with Crippen LogP contribution in [-0.2, 0) is 6.54 Å². The fourth-order valence-corrected chi connectivity index (χ4v) is 2.95. The van der Waals surface area contributed by atoms with Crippen LogP contribution in [0.2, 0.25) is 0 Å². The lowest BCUT2D eigenvalue weighted by Crippen LogP contribution is -2.22. The molecule has 0 fully saturated rings. The Morgan fingerprint density at radius 3 is 2.10 bits per heavy atom. The Morgan fingerprint density at radius 2 is 1.52 bits per heavy atom. The molecule has 0 atom stereocenters. The molecule has 0 aliphatic heterocycles. The summed E-state index contributed by atoms with van der Waals surface area (Å²) >= 11 is 0. The van der Waals surface area contributed by atoms with Crippen LogP contribution < -0.4 is 10.6 Å². The van der Waals surface area contributed by atoms with E-state index in [-0.39, 0.29) is 17.6 Å². The van der Waals surface area contributed by atoms with Crippen LogP contribution in [0, 0.1) is 0 Å². The van der Waals surface area contributed by atoms with Gasteiger partial charge < -0.3 is 15.1 Å². The number of hydrogen-bond donors (Lipinski definition) is 2. The first-order valence-corrected chi connectivity index (χ1v) is 9.66. The minimum absolute atomic E-state index is 0.200. The largest absolute Gasteiger partial charge is 0.459 e. The summed E-state index contributed by atoms with van der Waals surface area (Å²) in [6, 6.07) is 17.8. The van der Waals surface area contributed by atoms with Gasteiger partial charge in [-0.15, -0.1) is 0 Å². The van der Waals surface area contributed by atoms with Crippen LogP contribution in [0.15, 0.2) is 71.3 Å². The summed E-state index contributed by atoms with van der Waals surface area (Å²) < 4.78 is 5.08. The first-order chi connectivity index (χ1) is 14.1. The van der Waals surface area contributed by atoms with E-state index in [4.69, 9.17) is 4.42 Å². The molecule has 6 heteroatoms. The predicted molar refractivity (Wildman–Crippen MR) is 114 cm³/mol. The van der Waals surface area contributed by atoms with Crippen molar-refractivity contribution in [1.82, 2.24) is 4.90 Å². The summed E-state index contributed by atoms with van der Waals surface area (Å²) in [6.07, 6.45) is 1.44. The molecular formula is C23H25N3O3. The van der Waals surface area contributed by atoms with Crippen LogP contribution in [0.1, 0.15) is 40.3 Å². The zero-order chi connectivity index (χ0) is 20.6. The van der Waals surface area contributed by atoms with Crippen molar-refractivity contribution in [2.45, 2.75) is 20.4 Å². The van der Waals surface area contributed by atoms with E-state index in [1.54, 1.807) is 36.4 Å². The number of rotatable bonds is 8. The quantitative estimate of drug-likeness (QED) is 0.587. The van der Waals surface area contributed by atoms with Gasteiger partial charge in [0.2, 0.25) is 0 Å². The molecule has 1 heterocycles. The van der Waals surface area contributed by atoms with Crippen LogP contribution in [0.5, 0.6) is 0 Å². The average Bonchev–Trinajstić information content (AvgIpc) is 3.28. The van der Waals surface area contributed by atoms with Gasteiger partial charge in [0.1, 0.15) is 0 Å². The van der Waals surface area contributed by atoms with E-state index in [0.717, 1.165) is 19.6 Å². The molecule has 2 aromatic carbocycles. The summed E-state index contributed by atoms with van der Waals surface area (Å²) in [5.41, 5.74) is 2.92. The van der Waals surface area contributed by atoms with Crippen molar-refractivity contribution in [3.8, 4) is 0 Å². The molecule has 0 bridgehead atoms. The van der Waals surface area contributed by atoms with Gasteiger partial charge in [-0.05, 0) is 61.1 Å². The number of carbonyl (C=O) groups is 2. The molecule has 1 aromatic heterocycles. The molecule has 6 nitrogen and oxygen atoms in total. The van der Waals surface area contributed by atoms with Crippen molar-refractivity contribution < 1.29 is 14.0 Å². The summed E-state index contributed by atoms with van der Waals surface area (Å²) in [4.78, 5) is 27.0. The van der Waals surface area contributed by atoms with Crippen molar-refractivity contribution >= 4 is 23.2 Å². The summed E-state index contributed by atoms with van der Waals surface area (Å²) in [5, 5.41) is 5.61. The molecule has 150 valence electrons. The minimum atomic E-state index is -0.345. The second-order valence-electron chi connectivity index (χ2n) is 6.62. The van der Waals surface area contributed by atoms with Crippen LogP contribution in [-0.4, -0.2) is 29.8 Å². The highest BCUT2D eigenvalue weighted by Crippen LogP contribution is 2.18. The molecule has 2 amide bonds. The second-order valence-corrected chi connectivity index (χ2v) is 6.62. The van der Waals surface area contributed by atoms with E-state index < -0.39 is 0 Å². The van der Waals surface area contributed by atoms with Crippen LogP contribution in [0.25, 0.3) is 0 Å².